The van der Waals surface area contributed by atoms with E-state index in [4.69, 9.17) is 4.98 Å². The molecule has 1 atom stereocenters. The molecule has 1 aromatic heterocycles. The molecule has 0 aliphatic heterocycles. The first kappa shape index (κ1) is 16.6. The molecule has 3 nitrogen and oxygen atoms in total. The maximum atomic E-state index is 4.73. The van der Waals surface area contributed by atoms with Gasteiger partial charge in [-0.05, 0) is 27.4 Å². The van der Waals surface area contributed by atoms with Gasteiger partial charge in [0.2, 0.25) is 0 Å². The number of rotatable bonds is 6. The second-order valence-electron chi connectivity index (χ2n) is 6.29. The molecule has 0 saturated carbocycles. The average Bonchev–Trinajstić information content (AvgIpc) is 2.70. The highest BCUT2D eigenvalue weighted by atomic mass is 32.1. The summed E-state index contributed by atoms with van der Waals surface area (Å²) in [5.41, 5.74) is 1.33. The minimum atomic E-state index is 0.149. The molecule has 0 spiro atoms. The van der Waals surface area contributed by atoms with E-state index in [1.807, 2.05) is 11.3 Å². The summed E-state index contributed by atoms with van der Waals surface area (Å²) < 4.78 is 0. The topological polar surface area (TPSA) is 28.2 Å². The van der Waals surface area contributed by atoms with E-state index in [1.165, 1.54) is 15.6 Å². The van der Waals surface area contributed by atoms with E-state index in [0.717, 1.165) is 19.6 Å². The summed E-state index contributed by atoms with van der Waals surface area (Å²) >= 11 is 1.85. The molecule has 0 bridgehead atoms. The van der Waals surface area contributed by atoms with Crippen molar-refractivity contribution in [1.82, 2.24) is 15.2 Å². The van der Waals surface area contributed by atoms with E-state index in [2.05, 4.69) is 58.8 Å². The molecule has 4 heteroatoms. The van der Waals surface area contributed by atoms with Gasteiger partial charge in [-0.3, -0.25) is 0 Å². The molecular formula is C15H29N3S. The van der Waals surface area contributed by atoms with Gasteiger partial charge in [0, 0.05) is 29.4 Å². The molecule has 1 heterocycles. The van der Waals surface area contributed by atoms with Crippen molar-refractivity contribution >= 4 is 11.3 Å². The van der Waals surface area contributed by atoms with Crippen LogP contribution in [0.2, 0.25) is 0 Å². The van der Waals surface area contributed by atoms with Gasteiger partial charge >= 0.3 is 0 Å². The second-order valence-corrected chi connectivity index (χ2v) is 7.32. The lowest BCUT2D eigenvalue weighted by Crippen LogP contribution is -2.30. The van der Waals surface area contributed by atoms with Crippen molar-refractivity contribution < 1.29 is 0 Å². The Hall–Kier alpha value is -0.450. The van der Waals surface area contributed by atoms with Crippen LogP contribution in [0.15, 0.2) is 0 Å². The number of likely N-dealkylation sites (N-methyl/N-ethyl adjacent to an activating group) is 1. The molecule has 19 heavy (non-hydrogen) atoms. The molecule has 0 fully saturated rings. The lowest BCUT2D eigenvalue weighted by molar-refractivity contribution is 0.342. The Morgan fingerprint density at radius 3 is 2.47 bits per heavy atom. The molecule has 0 aliphatic rings. The molecule has 0 aliphatic carbocycles. The van der Waals surface area contributed by atoms with E-state index in [1.54, 1.807) is 0 Å². The van der Waals surface area contributed by atoms with E-state index in [-0.39, 0.29) is 5.41 Å². The highest BCUT2D eigenvalue weighted by Gasteiger charge is 2.22. The monoisotopic (exact) mass is 283 g/mol. The summed E-state index contributed by atoms with van der Waals surface area (Å²) in [7, 11) is 2.15. The van der Waals surface area contributed by atoms with Crippen LogP contribution in [-0.2, 0) is 5.41 Å². The van der Waals surface area contributed by atoms with Crippen LogP contribution < -0.4 is 5.32 Å². The molecule has 1 aromatic rings. The van der Waals surface area contributed by atoms with Gasteiger partial charge in [0.25, 0.3) is 0 Å². The first-order valence-electron chi connectivity index (χ1n) is 7.15. The molecule has 0 radical (unpaired) electrons. The molecular weight excluding hydrogens is 254 g/mol. The van der Waals surface area contributed by atoms with Gasteiger partial charge in [-0.1, -0.05) is 27.7 Å². The molecule has 1 N–H and O–H groups in total. The molecule has 0 amide bonds. The van der Waals surface area contributed by atoms with Gasteiger partial charge in [-0.15, -0.1) is 11.3 Å². The normalized spacial score (nSPS) is 14.1. The first-order chi connectivity index (χ1) is 8.75. The van der Waals surface area contributed by atoms with Crippen LogP contribution in [0, 0.1) is 6.92 Å². The van der Waals surface area contributed by atoms with E-state index in [0.29, 0.717) is 6.04 Å². The highest BCUT2D eigenvalue weighted by Crippen LogP contribution is 2.32. The SMILES string of the molecule is CCN(C)CCNC(C)c1sc(C(C)(C)C)nc1C. The third-order valence-corrected chi connectivity index (χ3v) is 5.12. The van der Waals surface area contributed by atoms with Crippen molar-refractivity contribution in [2.45, 2.75) is 53.0 Å². The van der Waals surface area contributed by atoms with Crippen LogP contribution in [0.1, 0.15) is 56.2 Å². The van der Waals surface area contributed by atoms with Gasteiger partial charge in [-0.25, -0.2) is 4.98 Å². The quantitative estimate of drug-likeness (QED) is 0.868. The Balaban J connectivity index is 2.62. The summed E-state index contributed by atoms with van der Waals surface area (Å²) in [5.74, 6) is 0. The standard InChI is InChI=1S/C15H29N3S/c1-8-18(7)10-9-16-11(2)13-12(3)17-14(19-13)15(4,5)6/h11,16H,8-10H2,1-7H3. The van der Waals surface area contributed by atoms with E-state index >= 15 is 0 Å². The van der Waals surface area contributed by atoms with Crippen LogP contribution in [0.5, 0.6) is 0 Å². The number of hydrogen-bond acceptors (Lipinski definition) is 4. The number of hydrogen-bond donors (Lipinski definition) is 1. The largest absolute Gasteiger partial charge is 0.308 e. The van der Waals surface area contributed by atoms with Gasteiger partial charge in [-0.2, -0.15) is 0 Å². The average molecular weight is 283 g/mol. The van der Waals surface area contributed by atoms with Gasteiger partial charge in [0.1, 0.15) is 0 Å². The van der Waals surface area contributed by atoms with Gasteiger partial charge in [0.15, 0.2) is 0 Å². The zero-order valence-electron chi connectivity index (χ0n) is 13.5. The zero-order valence-corrected chi connectivity index (χ0v) is 14.3. The Bertz CT molecular complexity index is 393. The Morgan fingerprint density at radius 1 is 1.37 bits per heavy atom. The number of nitrogens with one attached hydrogen (secondary N) is 1. The van der Waals surface area contributed by atoms with Crippen LogP contribution in [-0.4, -0.2) is 36.6 Å². The number of nitrogens with zero attached hydrogens (tertiary/aromatic N) is 2. The van der Waals surface area contributed by atoms with Gasteiger partial charge < -0.3 is 10.2 Å². The molecule has 0 saturated heterocycles. The molecule has 1 unspecified atom stereocenters. The molecule has 1 rings (SSSR count). The summed E-state index contributed by atoms with van der Waals surface area (Å²) in [6.07, 6.45) is 0. The van der Waals surface area contributed by atoms with E-state index < -0.39 is 0 Å². The van der Waals surface area contributed by atoms with Crippen molar-refractivity contribution in [3.8, 4) is 0 Å². The van der Waals surface area contributed by atoms with Crippen LogP contribution in [0.4, 0.5) is 0 Å². The summed E-state index contributed by atoms with van der Waals surface area (Å²) in [6, 6.07) is 0.388. The maximum absolute atomic E-state index is 4.73. The lowest BCUT2D eigenvalue weighted by atomic mass is 9.98. The van der Waals surface area contributed by atoms with Crippen molar-refractivity contribution in [2.75, 3.05) is 26.7 Å². The Labute approximate surface area is 122 Å². The molecule has 0 aromatic carbocycles. The summed E-state index contributed by atoms with van der Waals surface area (Å²) in [6.45, 7) is 16.4. The Morgan fingerprint density at radius 2 is 2.00 bits per heavy atom. The summed E-state index contributed by atoms with van der Waals surface area (Å²) in [4.78, 5) is 8.43. The minimum absolute atomic E-state index is 0.149. The number of aryl methyl sites for hydroxylation is 1. The van der Waals surface area contributed by atoms with Gasteiger partial charge in [0.05, 0.1) is 10.7 Å². The third-order valence-electron chi connectivity index (χ3n) is 3.35. The predicted molar refractivity (Wildman–Crippen MR) is 85.1 cm³/mol. The Kier molecular flexibility index (Phi) is 5.96. The fraction of sp³-hybridized carbons (Fsp3) is 0.800. The van der Waals surface area contributed by atoms with Crippen LogP contribution in [0.3, 0.4) is 0 Å². The minimum Gasteiger partial charge on any atom is -0.308 e. The van der Waals surface area contributed by atoms with Crippen molar-refractivity contribution in [3.63, 3.8) is 0 Å². The van der Waals surface area contributed by atoms with Crippen molar-refractivity contribution in [1.29, 1.82) is 0 Å². The van der Waals surface area contributed by atoms with Crippen LogP contribution >= 0.6 is 11.3 Å². The third kappa shape index (κ3) is 4.86. The smallest absolute Gasteiger partial charge is 0.0985 e. The van der Waals surface area contributed by atoms with E-state index in [9.17, 15) is 0 Å². The fourth-order valence-corrected chi connectivity index (χ4v) is 3.00. The fourth-order valence-electron chi connectivity index (χ4n) is 1.85. The number of aromatic nitrogens is 1. The second kappa shape index (κ2) is 6.82. The lowest BCUT2D eigenvalue weighted by Gasteiger charge is -2.17. The molecule has 110 valence electrons. The van der Waals surface area contributed by atoms with Crippen molar-refractivity contribution in [3.05, 3.63) is 15.6 Å². The van der Waals surface area contributed by atoms with Crippen molar-refractivity contribution in [2.24, 2.45) is 0 Å². The number of thiazole rings is 1. The summed E-state index contributed by atoms with van der Waals surface area (Å²) in [5, 5.41) is 4.83. The first-order valence-corrected chi connectivity index (χ1v) is 7.97. The highest BCUT2D eigenvalue weighted by molar-refractivity contribution is 7.12. The zero-order chi connectivity index (χ0) is 14.6. The maximum Gasteiger partial charge on any atom is 0.0985 e. The predicted octanol–water partition coefficient (Wildman–Crippen LogP) is 3.35. The van der Waals surface area contributed by atoms with Crippen LogP contribution in [0.25, 0.3) is 0 Å².